The molecule has 1 amide bonds. The van der Waals surface area contributed by atoms with E-state index in [-0.39, 0.29) is 11.3 Å². The van der Waals surface area contributed by atoms with Gasteiger partial charge in [-0.05, 0) is 18.1 Å². The molecule has 0 aliphatic heterocycles. The minimum Gasteiger partial charge on any atom is -0.352 e. The number of rotatable bonds is 5. The van der Waals surface area contributed by atoms with Crippen LogP contribution in [0.2, 0.25) is 5.02 Å². The van der Waals surface area contributed by atoms with Gasteiger partial charge in [-0.25, -0.2) is 0 Å². The molecule has 5 nitrogen and oxygen atoms in total. The van der Waals surface area contributed by atoms with Crippen LogP contribution in [0.25, 0.3) is 0 Å². The van der Waals surface area contributed by atoms with Gasteiger partial charge in [-0.3, -0.25) is 14.9 Å². The first-order valence-corrected chi connectivity index (χ1v) is 6.05. The van der Waals surface area contributed by atoms with Gasteiger partial charge in [-0.1, -0.05) is 31.9 Å². The van der Waals surface area contributed by atoms with Crippen LogP contribution in [0.1, 0.15) is 30.6 Å². The average molecular weight is 271 g/mol. The van der Waals surface area contributed by atoms with Crippen LogP contribution in [-0.2, 0) is 0 Å². The number of halogens is 1. The first kappa shape index (κ1) is 14.4. The molecule has 1 N–H and O–H groups in total. The van der Waals surface area contributed by atoms with E-state index in [0.717, 1.165) is 6.42 Å². The summed E-state index contributed by atoms with van der Waals surface area (Å²) in [4.78, 5) is 22.1. The van der Waals surface area contributed by atoms with Gasteiger partial charge >= 0.3 is 0 Å². The maximum Gasteiger partial charge on any atom is 0.282 e. The van der Waals surface area contributed by atoms with Crippen molar-refractivity contribution in [1.29, 1.82) is 0 Å². The van der Waals surface area contributed by atoms with E-state index >= 15 is 0 Å². The van der Waals surface area contributed by atoms with Gasteiger partial charge in [0.1, 0.15) is 5.56 Å². The normalized spacial score (nSPS) is 11.9. The Labute approximate surface area is 110 Å². The summed E-state index contributed by atoms with van der Waals surface area (Å²) in [6, 6.07) is 3.94. The lowest BCUT2D eigenvalue weighted by molar-refractivity contribution is -0.385. The zero-order chi connectivity index (χ0) is 13.7. The predicted molar refractivity (Wildman–Crippen MR) is 69.9 cm³/mol. The van der Waals surface area contributed by atoms with E-state index in [2.05, 4.69) is 5.32 Å². The monoisotopic (exact) mass is 270 g/mol. The summed E-state index contributed by atoms with van der Waals surface area (Å²) in [7, 11) is 0. The lowest BCUT2D eigenvalue weighted by Gasteiger charge is -2.10. The van der Waals surface area contributed by atoms with Gasteiger partial charge in [0.25, 0.3) is 11.6 Å². The molecule has 0 radical (unpaired) electrons. The second kappa shape index (κ2) is 6.35. The lowest BCUT2D eigenvalue weighted by atomic mass is 10.1. The van der Waals surface area contributed by atoms with Crippen LogP contribution < -0.4 is 5.32 Å². The topological polar surface area (TPSA) is 72.2 Å². The molecule has 0 aliphatic carbocycles. The maximum absolute atomic E-state index is 11.9. The Kier molecular flexibility index (Phi) is 5.09. The molecule has 0 saturated carbocycles. The molecule has 18 heavy (non-hydrogen) atoms. The third kappa shape index (κ3) is 3.70. The van der Waals surface area contributed by atoms with E-state index < -0.39 is 10.8 Å². The molecule has 0 heterocycles. The molecule has 1 aromatic carbocycles. The van der Waals surface area contributed by atoms with Crippen LogP contribution in [0.3, 0.4) is 0 Å². The van der Waals surface area contributed by atoms with E-state index in [9.17, 15) is 14.9 Å². The van der Waals surface area contributed by atoms with Crippen molar-refractivity contribution in [2.75, 3.05) is 6.54 Å². The van der Waals surface area contributed by atoms with E-state index in [1.807, 2.05) is 13.8 Å². The fourth-order valence-corrected chi connectivity index (χ4v) is 1.53. The molecule has 0 aromatic heterocycles. The van der Waals surface area contributed by atoms with Gasteiger partial charge in [0.2, 0.25) is 0 Å². The highest BCUT2D eigenvalue weighted by Crippen LogP contribution is 2.22. The largest absolute Gasteiger partial charge is 0.352 e. The summed E-state index contributed by atoms with van der Waals surface area (Å²) < 4.78 is 0. The summed E-state index contributed by atoms with van der Waals surface area (Å²) >= 11 is 5.75. The zero-order valence-corrected chi connectivity index (χ0v) is 11.0. The molecular weight excluding hydrogens is 256 g/mol. The van der Waals surface area contributed by atoms with Crippen molar-refractivity contribution in [2.24, 2.45) is 5.92 Å². The van der Waals surface area contributed by atoms with Gasteiger partial charge in [0, 0.05) is 17.6 Å². The first-order chi connectivity index (χ1) is 8.45. The van der Waals surface area contributed by atoms with Gasteiger partial charge in [-0.2, -0.15) is 0 Å². The highest BCUT2D eigenvalue weighted by atomic mass is 35.5. The molecule has 1 aromatic rings. The SMILES string of the molecule is CCC(C)CNC(=O)c1cc(Cl)ccc1[N+](=O)[O-]. The van der Waals surface area contributed by atoms with Crippen LogP contribution in [0.5, 0.6) is 0 Å². The van der Waals surface area contributed by atoms with Crippen LogP contribution in [0, 0.1) is 16.0 Å². The summed E-state index contributed by atoms with van der Waals surface area (Å²) in [5.74, 6) is -0.142. The highest BCUT2D eigenvalue weighted by molar-refractivity contribution is 6.31. The van der Waals surface area contributed by atoms with E-state index in [1.165, 1.54) is 18.2 Å². The molecule has 0 bridgehead atoms. The third-order valence-electron chi connectivity index (χ3n) is 2.71. The van der Waals surface area contributed by atoms with Gasteiger partial charge in [0.15, 0.2) is 0 Å². The Morgan fingerprint density at radius 2 is 2.22 bits per heavy atom. The summed E-state index contributed by atoms with van der Waals surface area (Å²) in [6.07, 6.45) is 0.928. The molecule has 98 valence electrons. The number of hydrogen-bond acceptors (Lipinski definition) is 3. The third-order valence-corrected chi connectivity index (χ3v) is 2.94. The molecule has 6 heteroatoms. The summed E-state index contributed by atoms with van der Waals surface area (Å²) in [5.41, 5.74) is -0.239. The average Bonchev–Trinajstić information content (AvgIpc) is 2.34. The van der Waals surface area contributed by atoms with Gasteiger partial charge in [0.05, 0.1) is 4.92 Å². The van der Waals surface area contributed by atoms with Crippen molar-refractivity contribution in [2.45, 2.75) is 20.3 Å². The second-order valence-corrected chi connectivity index (χ2v) is 4.58. The lowest BCUT2D eigenvalue weighted by Crippen LogP contribution is -2.28. The van der Waals surface area contributed by atoms with Crippen molar-refractivity contribution >= 4 is 23.2 Å². The van der Waals surface area contributed by atoms with Crippen molar-refractivity contribution in [3.63, 3.8) is 0 Å². The smallest absolute Gasteiger partial charge is 0.282 e. The number of carbonyl (C=O) groups is 1. The van der Waals surface area contributed by atoms with E-state index in [4.69, 9.17) is 11.6 Å². The van der Waals surface area contributed by atoms with Crippen LogP contribution in [-0.4, -0.2) is 17.4 Å². The van der Waals surface area contributed by atoms with Crippen molar-refractivity contribution in [3.05, 3.63) is 38.9 Å². The Morgan fingerprint density at radius 1 is 1.56 bits per heavy atom. The molecule has 1 rings (SSSR count). The Morgan fingerprint density at radius 3 is 2.78 bits per heavy atom. The molecule has 0 saturated heterocycles. The molecule has 0 aliphatic rings. The quantitative estimate of drug-likeness (QED) is 0.660. The van der Waals surface area contributed by atoms with Crippen molar-refractivity contribution in [3.8, 4) is 0 Å². The number of nitro benzene ring substituents is 1. The summed E-state index contributed by atoms with van der Waals surface area (Å²) in [6.45, 7) is 4.49. The number of benzene rings is 1. The molecule has 1 atom stereocenters. The predicted octanol–water partition coefficient (Wildman–Crippen LogP) is 3.02. The Balaban J connectivity index is 2.90. The maximum atomic E-state index is 11.9. The van der Waals surface area contributed by atoms with Gasteiger partial charge < -0.3 is 5.32 Å². The highest BCUT2D eigenvalue weighted by Gasteiger charge is 2.20. The number of carbonyl (C=O) groups excluding carboxylic acids is 1. The van der Waals surface area contributed by atoms with Crippen LogP contribution in [0.4, 0.5) is 5.69 Å². The molecule has 0 spiro atoms. The number of nitrogens with zero attached hydrogens (tertiary/aromatic N) is 1. The summed E-state index contributed by atoms with van der Waals surface area (Å²) in [5, 5.41) is 13.8. The standard InChI is InChI=1S/C12H15ClN2O3/c1-3-8(2)7-14-12(16)10-6-9(13)4-5-11(10)15(17)18/h4-6,8H,3,7H2,1-2H3,(H,14,16). The Bertz CT molecular complexity index is 463. The fourth-order valence-electron chi connectivity index (χ4n) is 1.36. The van der Waals surface area contributed by atoms with Crippen molar-refractivity contribution in [1.82, 2.24) is 5.32 Å². The fraction of sp³-hybridized carbons (Fsp3) is 0.417. The Hall–Kier alpha value is -1.62. The number of nitrogens with one attached hydrogen (secondary N) is 1. The van der Waals surface area contributed by atoms with Crippen LogP contribution >= 0.6 is 11.6 Å². The number of nitro groups is 1. The number of amides is 1. The molecular formula is C12H15ClN2O3. The first-order valence-electron chi connectivity index (χ1n) is 5.67. The number of hydrogen-bond donors (Lipinski definition) is 1. The van der Waals surface area contributed by atoms with E-state index in [1.54, 1.807) is 0 Å². The second-order valence-electron chi connectivity index (χ2n) is 4.14. The minimum atomic E-state index is -0.589. The minimum absolute atomic E-state index is 0.00389. The molecule has 1 unspecified atom stereocenters. The van der Waals surface area contributed by atoms with E-state index in [0.29, 0.717) is 17.5 Å². The van der Waals surface area contributed by atoms with Crippen molar-refractivity contribution < 1.29 is 9.72 Å². The van der Waals surface area contributed by atoms with Crippen LogP contribution in [0.15, 0.2) is 18.2 Å². The zero-order valence-electron chi connectivity index (χ0n) is 10.3. The molecule has 0 fully saturated rings. The van der Waals surface area contributed by atoms with Gasteiger partial charge in [-0.15, -0.1) is 0 Å².